The van der Waals surface area contributed by atoms with Crippen molar-refractivity contribution in [1.82, 2.24) is 24.7 Å². The van der Waals surface area contributed by atoms with E-state index in [1.54, 1.807) is 10.9 Å². The lowest BCUT2D eigenvalue weighted by Gasteiger charge is -2.14. The zero-order chi connectivity index (χ0) is 14.7. The molecule has 0 aromatic carbocycles. The maximum Gasteiger partial charge on any atom is 0.257 e. The number of hydrogen-bond donors (Lipinski definition) is 2. The Morgan fingerprint density at radius 2 is 1.90 bits per heavy atom. The third-order valence-corrected chi connectivity index (χ3v) is 4.00. The smallest absolute Gasteiger partial charge is 0.257 e. The van der Waals surface area contributed by atoms with Gasteiger partial charge in [0.15, 0.2) is 0 Å². The Bertz CT molecular complexity index is 589. The molecule has 0 aliphatic heterocycles. The summed E-state index contributed by atoms with van der Waals surface area (Å²) < 4.78 is 1.64. The zero-order valence-corrected chi connectivity index (χ0v) is 12.5. The van der Waals surface area contributed by atoms with E-state index in [9.17, 15) is 0 Å². The zero-order valence-electron chi connectivity index (χ0n) is 12.5. The van der Waals surface area contributed by atoms with Crippen LogP contribution in [0.15, 0.2) is 18.5 Å². The first-order valence-electron chi connectivity index (χ1n) is 7.48. The van der Waals surface area contributed by atoms with E-state index in [0.29, 0.717) is 23.3 Å². The molecule has 2 heterocycles. The molecule has 1 aliphatic carbocycles. The van der Waals surface area contributed by atoms with Gasteiger partial charge in [0.25, 0.3) is 5.95 Å². The minimum atomic E-state index is 0.441. The molecule has 0 spiro atoms. The van der Waals surface area contributed by atoms with Crippen LogP contribution in [0.5, 0.6) is 0 Å². The topological polar surface area (TPSA) is 80.5 Å². The summed E-state index contributed by atoms with van der Waals surface area (Å²) in [5.41, 5.74) is 0.441. The lowest BCUT2D eigenvalue weighted by molar-refractivity contribution is 0.519. The van der Waals surface area contributed by atoms with E-state index in [0.717, 1.165) is 13.1 Å². The van der Waals surface area contributed by atoms with Crippen molar-refractivity contribution in [1.29, 1.82) is 0 Å². The van der Waals surface area contributed by atoms with Crippen LogP contribution in [-0.2, 0) is 0 Å². The van der Waals surface area contributed by atoms with Gasteiger partial charge in [-0.05, 0) is 37.7 Å². The molecule has 7 nitrogen and oxygen atoms in total. The highest BCUT2D eigenvalue weighted by atomic mass is 15.4. The Hall–Kier alpha value is -2.18. The van der Waals surface area contributed by atoms with Gasteiger partial charge in [-0.25, -0.2) is 4.68 Å². The summed E-state index contributed by atoms with van der Waals surface area (Å²) in [5, 5.41) is 10.7. The van der Waals surface area contributed by atoms with Crippen molar-refractivity contribution in [2.75, 3.05) is 23.7 Å². The third kappa shape index (κ3) is 3.12. The van der Waals surface area contributed by atoms with E-state index >= 15 is 0 Å². The van der Waals surface area contributed by atoms with Crippen LogP contribution >= 0.6 is 0 Å². The molecule has 1 saturated carbocycles. The van der Waals surface area contributed by atoms with Crippen LogP contribution in [0.1, 0.15) is 33.1 Å². The van der Waals surface area contributed by atoms with Crippen molar-refractivity contribution in [3.63, 3.8) is 0 Å². The van der Waals surface area contributed by atoms with Gasteiger partial charge in [-0.2, -0.15) is 20.1 Å². The SMILES string of the molecule is CCNc1nc(NCC2(CC)CC2)nc(-n2cccn2)n1. The van der Waals surface area contributed by atoms with Crippen molar-refractivity contribution >= 4 is 11.9 Å². The van der Waals surface area contributed by atoms with Crippen LogP contribution in [0.3, 0.4) is 0 Å². The summed E-state index contributed by atoms with van der Waals surface area (Å²) in [6, 6.07) is 1.85. The van der Waals surface area contributed by atoms with Crippen LogP contribution < -0.4 is 10.6 Å². The standard InChI is InChI=1S/C14H21N7/c1-3-14(6-7-14)10-16-12-18-11(15-4-2)19-13(20-12)21-9-5-8-17-21/h5,8-9H,3-4,6-7,10H2,1-2H3,(H2,15,16,18,19,20). The van der Waals surface area contributed by atoms with Gasteiger partial charge >= 0.3 is 0 Å². The number of hydrogen-bond acceptors (Lipinski definition) is 6. The Kier molecular flexibility index (Phi) is 3.72. The van der Waals surface area contributed by atoms with Gasteiger partial charge in [-0.1, -0.05) is 6.92 Å². The van der Waals surface area contributed by atoms with Crippen LogP contribution in [0, 0.1) is 5.41 Å². The van der Waals surface area contributed by atoms with Crippen molar-refractivity contribution < 1.29 is 0 Å². The van der Waals surface area contributed by atoms with Crippen LogP contribution in [-0.4, -0.2) is 37.8 Å². The van der Waals surface area contributed by atoms with Crippen molar-refractivity contribution in [2.45, 2.75) is 33.1 Å². The van der Waals surface area contributed by atoms with Gasteiger partial charge < -0.3 is 10.6 Å². The molecule has 7 heteroatoms. The van der Waals surface area contributed by atoms with Gasteiger partial charge in [0.05, 0.1) is 0 Å². The minimum Gasteiger partial charge on any atom is -0.354 e. The van der Waals surface area contributed by atoms with E-state index in [-0.39, 0.29) is 0 Å². The molecule has 1 aliphatic rings. The summed E-state index contributed by atoms with van der Waals surface area (Å²) in [7, 11) is 0. The van der Waals surface area contributed by atoms with Gasteiger partial charge in [0.2, 0.25) is 11.9 Å². The second kappa shape index (κ2) is 5.67. The fraction of sp³-hybridized carbons (Fsp3) is 0.571. The quantitative estimate of drug-likeness (QED) is 0.811. The van der Waals surface area contributed by atoms with Crippen LogP contribution in [0.25, 0.3) is 5.95 Å². The molecule has 0 unspecified atom stereocenters. The van der Waals surface area contributed by atoms with Crippen molar-refractivity contribution in [2.24, 2.45) is 5.41 Å². The molecule has 2 aromatic heterocycles. The average molecular weight is 287 g/mol. The highest BCUT2D eigenvalue weighted by molar-refractivity contribution is 5.38. The first-order valence-corrected chi connectivity index (χ1v) is 7.48. The monoisotopic (exact) mass is 287 g/mol. The summed E-state index contributed by atoms with van der Waals surface area (Å²) >= 11 is 0. The largest absolute Gasteiger partial charge is 0.354 e. The number of nitrogens with one attached hydrogen (secondary N) is 2. The molecule has 2 N–H and O–H groups in total. The minimum absolute atomic E-state index is 0.441. The highest BCUT2D eigenvalue weighted by Crippen LogP contribution is 2.48. The molecule has 1 fully saturated rings. The third-order valence-electron chi connectivity index (χ3n) is 4.00. The lowest BCUT2D eigenvalue weighted by Crippen LogP contribution is -2.18. The molecule has 0 saturated heterocycles. The molecule has 0 amide bonds. The van der Waals surface area contributed by atoms with Gasteiger partial charge in [-0.3, -0.25) is 0 Å². The van der Waals surface area contributed by atoms with E-state index in [2.05, 4.69) is 37.6 Å². The normalized spacial score (nSPS) is 15.7. The molecule has 2 aromatic rings. The Labute approximate surface area is 124 Å². The summed E-state index contributed by atoms with van der Waals surface area (Å²) in [5.74, 6) is 1.70. The molecule has 112 valence electrons. The van der Waals surface area contributed by atoms with Crippen molar-refractivity contribution in [3.8, 4) is 5.95 Å². The van der Waals surface area contributed by atoms with Gasteiger partial charge in [0, 0.05) is 25.5 Å². The second-order valence-electron chi connectivity index (χ2n) is 5.47. The number of rotatable bonds is 7. The molecular formula is C14H21N7. The lowest BCUT2D eigenvalue weighted by atomic mass is 10.0. The fourth-order valence-electron chi connectivity index (χ4n) is 2.27. The predicted octanol–water partition coefficient (Wildman–Crippen LogP) is 2.09. The summed E-state index contributed by atoms with van der Waals surface area (Å²) in [4.78, 5) is 13.2. The summed E-state index contributed by atoms with van der Waals surface area (Å²) in [6.07, 6.45) is 7.29. The molecule has 0 radical (unpaired) electrons. The highest BCUT2D eigenvalue weighted by Gasteiger charge is 2.40. The average Bonchev–Trinajstić information content (AvgIpc) is 3.07. The Balaban J connectivity index is 1.81. The van der Waals surface area contributed by atoms with Gasteiger partial charge in [0.1, 0.15) is 0 Å². The van der Waals surface area contributed by atoms with Gasteiger partial charge in [-0.15, -0.1) is 0 Å². The predicted molar refractivity (Wildman–Crippen MR) is 81.6 cm³/mol. The Morgan fingerprint density at radius 3 is 2.48 bits per heavy atom. The number of nitrogens with zero attached hydrogens (tertiary/aromatic N) is 5. The van der Waals surface area contributed by atoms with Crippen LogP contribution in [0.4, 0.5) is 11.9 Å². The first kappa shape index (κ1) is 13.8. The van der Waals surface area contributed by atoms with Crippen molar-refractivity contribution in [3.05, 3.63) is 18.5 Å². The maximum absolute atomic E-state index is 4.45. The molecule has 0 atom stereocenters. The molecule has 21 heavy (non-hydrogen) atoms. The number of aromatic nitrogens is 5. The molecule has 0 bridgehead atoms. The fourth-order valence-corrected chi connectivity index (χ4v) is 2.27. The van der Waals surface area contributed by atoms with Crippen LogP contribution in [0.2, 0.25) is 0 Å². The maximum atomic E-state index is 4.45. The van der Waals surface area contributed by atoms with E-state index in [1.165, 1.54) is 19.3 Å². The Morgan fingerprint density at radius 1 is 1.14 bits per heavy atom. The second-order valence-corrected chi connectivity index (χ2v) is 5.47. The van der Waals surface area contributed by atoms with E-state index in [1.807, 2.05) is 19.2 Å². The first-order chi connectivity index (χ1) is 10.2. The van der Waals surface area contributed by atoms with E-state index in [4.69, 9.17) is 0 Å². The number of anilines is 2. The summed E-state index contributed by atoms with van der Waals surface area (Å²) in [6.45, 7) is 5.93. The molecular weight excluding hydrogens is 266 g/mol. The molecule has 3 rings (SSSR count). The van der Waals surface area contributed by atoms with E-state index < -0.39 is 0 Å².